The third-order valence-corrected chi connectivity index (χ3v) is 2.43. The van der Waals surface area contributed by atoms with Crippen LogP contribution in [0.15, 0.2) is 23.4 Å². The van der Waals surface area contributed by atoms with Crippen LogP contribution in [0.5, 0.6) is 0 Å². The number of pyridine rings is 1. The van der Waals surface area contributed by atoms with E-state index in [1.54, 1.807) is 19.2 Å². The van der Waals surface area contributed by atoms with Crippen LogP contribution in [-0.2, 0) is 4.74 Å². The Morgan fingerprint density at radius 2 is 2.43 bits per heavy atom. The number of hydrogen-bond acceptors (Lipinski definition) is 4. The molecule has 0 aromatic carbocycles. The van der Waals surface area contributed by atoms with Gasteiger partial charge in [0.25, 0.3) is 0 Å². The zero-order valence-corrected chi connectivity index (χ0v) is 8.58. The van der Waals surface area contributed by atoms with Gasteiger partial charge in [-0.3, -0.25) is 0 Å². The minimum absolute atomic E-state index is 0.209. The smallest absolute Gasteiger partial charge is 0.337 e. The van der Waals surface area contributed by atoms with E-state index in [0.717, 1.165) is 10.8 Å². The molecule has 76 valence electrons. The largest absolute Gasteiger partial charge is 0.478 e. The van der Waals surface area contributed by atoms with Gasteiger partial charge in [0, 0.05) is 19.1 Å². The van der Waals surface area contributed by atoms with Crippen molar-refractivity contribution in [1.82, 2.24) is 4.98 Å². The van der Waals surface area contributed by atoms with Crippen molar-refractivity contribution in [2.75, 3.05) is 19.5 Å². The lowest BCUT2D eigenvalue weighted by Crippen LogP contribution is -1.97. The van der Waals surface area contributed by atoms with E-state index in [9.17, 15) is 4.79 Å². The van der Waals surface area contributed by atoms with E-state index in [1.807, 2.05) is 0 Å². The zero-order chi connectivity index (χ0) is 10.4. The summed E-state index contributed by atoms with van der Waals surface area (Å²) in [5, 5.41) is 9.44. The molecule has 5 heteroatoms. The molecule has 4 nitrogen and oxygen atoms in total. The predicted octanol–water partition coefficient (Wildman–Crippen LogP) is 1.52. The minimum atomic E-state index is -0.953. The summed E-state index contributed by atoms with van der Waals surface area (Å²) in [6.45, 7) is 0.660. The molecule has 0 aliphatic heterocycles. The first-order valence-electron chi connectivity index (χ1n) is 4.05. The quantitative estimate of drug-likeness (QED) is 0.593. The van der Waals surface area contributed by atoms with Crippen molar-refractivity contribution in [2.45, 2.75) is 5.03 Å². The first kappa shape index (κ1) is 11.0. The highest BCUT2D eigenvalue weighted by atomic mass is 32.2. The van der Waals surface area contributed by atoms with Crippen LogP contribution in [0.1, 0.15) is 10.4 Å². The fourth-order valence-corrected chi connectivity index (χ4v) is 1.57. The van der Waals surface area contributed by atoms with Crippen LogP contribution in [0.2, 0.25) is 0 Å². The Morgan fingerprint density at radius 1 is 1.64 bits per heavy atom. The van der Waals surface area contributed by atoms with Gasteiger partial charge >= 0.3 is 5.97 Å². The Bertz CT molecular complexity index is 299. The van der Waals surface area contributed by atoms with Crippen molar-refractivity contribution in [1.29, 1.82) is 0 Å². The normalized spacial score (nSPS) is 10.1. The number of aromatic carboxylic acids is 1. The number of carboxylic acid groups (broad SMARTS) is 1. The molecule has 1 N–H and O–H groups in total. The van der Waals surface area contributed by atoms with Crippen molar-refractivity contribution in [2.24, 2.45) is 0 Å². The van der Waals surface area contributed by atoms with Crippen molar-refractivity contribution < 1.29 is 14.6 Å². The Morgan fingerprint density at radius 3 is 2.93 bits per heavy atom. The maximum Gasteiger partial charge on any atom is 0.337 e. The molecule has 1 aromatic rings. The van der Waals surface area contributed by atoms with E-state index in [1.165, 1.54) is 18.0 Å². The summed E-state index contributed by atoms with van der Waals surface area (Å²) in [7, 11) is 1.64. The van der Waals surface area contributed by atoms with Crippen LogP contribution in [0.4, 0.5) is 0 Å². The second-order valence-corrected chi connectivity index (χ2v) is 3.65. The van der Waals surface area contributed by atoms with Gasteiger partial charge < -0.3 is 9.84 Å². The number of rotatable bonds is 5. The molecule has 1 heterocycles. The van der Waals surface area contributed by atoms with Gasteiger partial charge in [-0.25, -0.2) is 9.78 Å². The Balaban J connectivity index is 2.51. The second kappa shape index (κ2) is 5.62. The topological polar surface area (TPSA) is 59.4 Å². The van der Waals surface area contributed by atoms with E-state index in [0.29, 0.717) is 6.61 Å². The van der Waals surface area contributed by atoms with Crippen molar-refractivity contribution in [3.8, 4) is 0 Å². The molecule has 1 aromatic heterocycles. The number of methoxy groups -OCH3 is 1. The number of thioether (sulfide) groups is 1. The number of aromatic nitrogens is 1. The molecule has 0 amide bonds. The van der Waals surface area contributed by atoms with Gasteiger partial charge in [0.2, 0.25) is 0 Å². The molecule has 0 unspecified atom stereocenters. The van der Waals surface area contributed by atoms with Crippen LogP contribution in [0, 0.1) is 0 Å². The van der Waals surface area contributed by atoms with E-state index < -0.39 is 5.97 Å². The van der Waals surface area contributed by atoms with E-state index in [-0.39, 0.29) is 5.56 Å². The second-order valence-electron chi connectivity index (χ2n) is 2.53. The number of nitrogens with zero attached hydrogens (tertiary/aromatic N) is 1. The molecule has 0 aliphatic rings. The van der Waals surface area contributed by atoms with E-state index >= 15 is 0 Å². The highest BCUT2D eigenvalue weighted by Gasteiger charge is 2.02. The molecule has 0 spiro atoms. The number of ether oxygens (including phenoxy) is 1. The van der Waals surface area contributed by atoms with Crippen molar-refractivity contribution in [3.05, 3.63) is 23.9 Å². The monoisotopic (exact) mass is 213 g/mol. The van der Waals surface area contributed by atoms with Gasteiger partial charge in [0.1, 0.15) is 0 Å². The maximum atomic E-state index is 10.5. The van der Waals surface area contributed by atoms with Gasteiger partial charge in [0.05, 0.1) is 17.2 Å². The Hall–Kier alpha value is -1.07. The van der Waals surface area contributed by atoms with Gasteiger partial charge in [-0.1, -0.05) is 0 Å². The van der Waals surface area contributed by atoms with Gasteiger partial charge in [-0.2, -0.15) is 0 Å². The lowest BCUT2D eigenvalue weighted by molar-refractivity contribution is 0.0696. The third-order valence-electron chi connectivity index (χ3n) is 1.52. The SMILES string of the molecule is COCCSc1ccc(C(=O)O)cn1. The maximum absolute atomic E-state index is 10.5. The summed E-state index contributed by atoms with van der Waals surface area (Å²) in [5.41, 5.74) is 0.209. The van der Waals surface area contributed by atoms with Gasteiger partial charge in [0.15, 0.2) is 0 Å². The summed E-state index contributed by atoms with van der Waals surface area (Å²) in [4.78, 5) is 14.5. The van der Waals surface area contributed by atoms with Gasteiger partial charge in [-0.05, 0) is 12.1 Å². The third kappa shape index (κ3) is 3.35. The van der Waals surface area contributed by atoms with Crippen LogP contribution < -0.4 is 0 Å². The first-order chi connectivity index (χ1) is 6.74. The lowest BCUT2D eigenvalue weighted by atomic mass is 10.3. The van der Waals surface area contributed by atoms with Crippen LogP contribution in [0.3, 0.4) is 0 Å². The summed E-state index contributed by atoms with van der Waals surface area (Å²) < 4.78 is 4.88. The number of carboxylic acids is 1. The summed E-state index contributed by atoms with van der Waals surface area (Å²) in [6.07, 6.45) is 1.36. The molecule has 0 saturated heterocycles. The molecule has 0 radical (unpaired) electrons. The zero-order valence-electron chi connectivity index (χ0n) is 7.77. The number of carbonyl (C=O) groups is 1. The van der Waals surface area contributed by atoms with Crippen molar-refractivity contribution >= 4 is 17.7 Å². The predicted molar refractivity (Wildman–Crippen MR) is 53.8 cm³/mol. The minimum Gasteiger partial charge on any atom is -0.478 e. The fourth-order valence-electron chi connectivity index (χ4n) is 0.822. The molecule has 0 bridgehead atoms. The Labute approximate surface area is 86.3 Å². The Kier molecular flexibility index (Phi) is 4.42. The summed E-state index contributed by atoms with van der Waals surface area (Å²) in [5.74, 6) is -0.137. The van der Waals surface area contributed by atoms with Crippen LogP contribution in [-0.4, -0.2) is 35.5 Å². The van der Waals surface area contributed by atoms with Crippen LogP contribution >= 0.6 is 11.8 Å². The van der Waals surface area contributed by atoms with Crippen LogP contribution in [0.25, 0.3) is 0 Å². The molecule has 1 rings (SSSR count). The fraction of sp³-hybridized carbons (Fsp3) is 0.333. The molecular formula is C9H11NO3S. The molecular weight excluding hydrogens is 202 g/mol. The summed E-state index contributed by atoms with van der Waals surface area (Å²) >= 11 is 1.54. The molecule has 14 heavy (non-hydrogen) atoms. The van der Waals surface area contributed by atoms with E-state index in [2.05, 4.69) is 4.98 Å². The lowest BCUT2D eigenvalue weighted by Gasteiger charge is -2.00. The number of hydrogen-bond donors (Lipinski definition) is 1. The highest BCUT2D eigenvalue weighted by molar-refractivity contribution is 7.99. The van der Waals surface area contributed by atoms with E-state index in [4.69, 9.17) is 9.84 Å². The molecule has 0 fully saturated rings. The molecule has 0 saturated carbocycles. The average Bonchev–Trinajstić information content (AvgIpc) is 2.19. The molecule has 0 atom stereocenters. The first-order valence-corrected chi connectivity index (χ1v) is 5.03. The summed E-state index contributed by atoms with van der Waals surface area (Å²) in [6, 6.07) is 3.24. The molecule has 0 aliphatic carbocycles. The van der Waals surface area contributed by atoms with Gasteiger partial charge in [-0.15, -0.1) is 11.8 Å². The van der Waals surface area contributed by atoms with Crippen molar-refractivity contribution in [3.63, 3.8) is 0 Å². The highest BCUT2D eigenvalue weighted by Crippen LogP contribution is 2.14. The average molecular weight is 213 g/mol. The standard InChI is InChI=1S/C9H11NO3S/c1-13-4-5-14-8-3-2-7(6-10-8)9(11)12/h2-3,6H,4-5H2,1H3,(H,11,12).